The number of aryl methyl sites for hydroxylation is 1. The molecule has 1 N–H and O–H groups in total. The van der Waals surface area contributed by atoms with Crippen molar-refractivity contribution in [2.24, 2.45) is 0 Å². The maximum Gasteiger partial charge on any atom is 0.334 e. The lowest BCUT2D eigenvalue weighted by molar-refractivity contribution is -0.160. The summed E-state index contributed by atoms with van der Waals surface area (Å²) in [4.78, 5) is 29.0. The van der Waals surface area contributed by atoms with Crippen LogP contribution in [0.25, 0.3) is 0 Å². The highest BCUT2D eigenvalue weighted by Crippen LogP contribution is 2.15. The second-order valence-corrected chi connectivity index (χ2v) is 4.92. The van der Waals surface area contributed by atoms with Crippen molar-refractivity contribution in [1.29, 1.82) is 5.26 Å². The molecule has 2 heterocycles. The molecule has 1 unspecified atom stereocenters. The van der Waals surface area contributed by atoms with Gasteiger partial charge in [0.15, 0.2) is 6.10 Å². The number of amides is 1. The van der Waals surface area contributed by atoms with Gasteiger partial charge >= 0.3 is 5.97 Å². The van der Waals surface area contributed by atoms with Gasteiger partial charge in [0, 0.05) is 6.54 Å². The molecule has 0 radical (unpaired) electrons. The Kier molecular flexibility index (Phi) is 4.19. The Morgan fingerprint density at radius 3 is 2.76 bits per heavy atom. The number of ether oxygens (including phenoxy) is 1. The van der Waals surface area contributed by atoms with E-state index in [0.717, 1.165) is 0 Å². The van der Waals surface area contributed by atoms with Gasteiger partial charge in [-0.1, -0.05) is 0 Å². The summed E-state index contributed by atoms with van der Waals surface area (Å²) in [6.45, 7) is 3.66. The molecule has 110 valence electrons. The molecule has 1 aromatic rings. The van der Waals surface area contributed by atoms with Crippen molar-refractivity contribution in [2.45, 2.75) is 26.1 Å². The molecule has 0 aliphatic carbocycles. The predicted octanol–water partition coefficient (Wildman–Crippen LogP) is 0.576. The van der Waals surface area contributed by atoms with Crippen molar-refractivity contribution in [1.82, 2.24) is 9.88 Å². The molecular formula is C14H15N3O4. The third-order valence-electron chi connectivity index (χ3n) is 3.25. The number of pyridine rings is 1. The quantitative estimate of drug-likeness (QED) is 0.854. The van der Waals surface area contributed by atoms with Gasteiger partial charge in [0.05, 0.1) is 23.9 Å². The maximum atomic E-state index is 12.4. The normalized spacial score (nSPS) is 21.7. The lowest BCUT2D eigenvalue weighted by atomic mass is 10.1. The van der Waals surface area contributed by atoms with E-state index in [-0.39, 0.29) is 24.2 Å². The zero-order chi connectivity index (χ0) is 15.6. The minimum atomic E-state index is -1.09. The van der Waals surface area contributed by atoms with Gasteiger partial charge in [-0.05, 0) is 26.0 Å². The van der Waals surface area contributed by atoms with Crippen molar-refractivity contribution in [3.63, 3.8) is 0 Å². The van der Waals surface area contributed by atoms with Gasteiger partial charge < -0.3 is 14.7 Å². The predicted molar refractivity (Wildman–Crippen MR) is 71.6 cm³/mol. The summed E-state index contributed by atoms with van der Waals surface area (Å²) < 4.78 is 5.27. The Bertz CT molecular complexity index is 623. The molecule has 1 saturated heterocycles. The summed E-state index contributed by atoms with van der Waals surface area (Å²) in [7, 11) is 0. The molecule has 7 heteroatoms. The number of carboxylic acid groups (broad SMARTS) is 1. The zero-order valence-electron chi connectivity index (χ0n) is 11.7. The summed E-state index contributed by atoms with van der Waals surface area (Å²) in [5.41, 5.74) is 1.08. The molecule has 2 atom stereocenters. The fourth-order valence-corrected chi connectivity index (χ4v) is 2.21. The van der Waals surface area contributed by atoms with Crippen LogP contribution in [0.4, 0.5) is 0 Å². The summed E-state index contributed by atoms with van der Waals surface area (Å²) in [6, 6.07) is 5.00. The highest BCUT2D eigenvalue weighted by atomic mass is 16.5. The number of rotatable bonds is 2. The summed E-state index contributed by atoms with van der Waals surface area (Å²) >= 11 is 0. The van der Waals surface area contributed by atoms with Crippen molar-refractivity contribution in [3.05, 3.63) is 29.1 Å². The van der Waals surface area contributed by atoms with E-state index >= 15 is 0 Å². The van der Waals surface area contributed by atoms with E-state index in [1.807, 2.05) is 6.07 Å². The summed E-state index contributed by atoms with van der Waals surface area (Å²) in [5.74, 6) is -1.45. The zero-order valence-corrected chi connectivity index (χ0v) is 11.7. The number of carbonyl (C=O) groups is 2. The number of aliphatic carboxylic acids is 1. The first kappa shape index (κ1) is 14.9. The first-order valence-electron chi connectivity index (χ1n) is 6.47. The van der Waals surface area contributed by atoms with E-state index in [1.54, 1.807) is 13.8 Å². The third-order valence-corrected chi connectivity index (χ3v) is 3.25. The molecule has 1 aromatic heterocycles. The van der Waals surface area contributed by atoms with E-state index in [4.69, 9.17) is 15.1 Å². The molecule has 0 bridgehead atoms. The Balaban J connectivity index is 2.21. The molecule has 1 aliphatic heterocycles. The highest BCUT2D eigenvalue weighted by Gasteiger charge is 2.33. The number of hydrogen-bond acceptors (Lipinski definition) is 5. The van der Waals surface area contributed by atoms with E-state index in [0.29, 0.717) is 17.8 Å². The average molecular weight is 289 g/mol. The van der Waals surface area contributed by atoms with E-state index in [9.17, 15) is 9.59 Å². The molecule has 1 aliphatic rings. The fraction of sp³-hybridized carbons (Fsp3) is 0.429. The van der Waals surface area contributed by atoms with E-state index < -0.39 is 12.1 Å². The summed E-state index contributed by atoms with van der Waals surface area (Å²) in [5, 5.41) is 17.9. The van der Waals surface area contributed by atoms with Gasteiger partial charge in [-0.25, -0.2) is 9.78 Å². The first-order chi connectivity index (χ1) is 9.92. The van der Waals surface area contributed by atoms with Gasteiger partial charge in [0.25, 0.3) is 5.91 Å². The Morgan fingerprint density at radius 1 is 1.48 bits per heavy atom. The second kappa shape index (κ2) is 5.89. The molecular weight excluding hydrogens is 274 g/mol. The van der Waals surface area contributed by atoms with Crippen molar-refractivity contribution in [3.8, 4) is 6.07 Å². The monoisotopic (exact) mass is 289 g/mol. The van der Waals surface area contributed by atoms with Gasteiger partial charge in [-0.3, -0.25) is 4.79 Å². The Hall–Kier alpha value is -2.46. The minimum Gasteiger partial charge on any atom is -0.479 e. The molecule has 0 aromatic carbocycles. The second-order valence-electron chi connectivity index (χ2n) is 4.92. The molecule has 0 saturated carbocycles. The van der Waals surface area contributed by atoms with Gasteiger partial charge in [-0.2, -0.15) is 5.26 Å². The van der Waals surface area contributed by atoms with Crippen molar-refractivity contribution < 1.29 is 19.4 Å². The third kappa shape index (κ3) is 3.17. The molecule has 2 rings (SSSR count). The SMILES string of the molecule is Cc1nc(C(=O)N2CC(C(=O)O)O[C@H](C)C2)ccc1C#N. The lowest BCUT2D eigenvalue weighted by Gasteiger charge is -2.34. The molecule has 21 heavy (non-hydrogen) atoms. The fourth-order valence-electron chi connectivity index (χ4n) is 2.21. The topological polar surface area (TPSA) is 104 Å². The number of aromatic nitrogens is 1. The van der Waals surface area contributed by atoms with Crippen LogP contribution in [0.5, 0.6) is 0 Å². The van der Waals surface area contributed by atoms with E-state index in [2.05, 4.69) is 4.98 Å². The molecule has 1 amide bonds. The highest BCUT2D eigenvalue weighted by molar-refractivity contribution is 5.93. The van der Waals surface area contributed by atoms with Crippen LogP contribution in [0, 0.1) is 18.3 Å². The van der Waals surface area contributed by atoms with Gasteiger partial charge in [0.2, 0.25) is 0 Å². The van der Waals surface area contributed by atoms with Crippen molar-refractivity contribution >= 4 is 11.9 Å². The van der Waals surface area contributed by atoms with Crippen LogP contribution >= 0.6 is 0 Å². The number of carbonyl (C=O) groups excluding carboxylic acids is 1. The minimum absolute atomic E-state index is 0.0146. The average Bonchev–Trinajstić information content (AvgIpc) is 2.45. The number of morpholine rings is 1. The van der Waals surface area contributed by atoms with Gasteiger partial charge in [0.1, 0.15) is 11.8 Å². The summed E-state index contributed by atoms with van der Waals surface area (Å²) in [6.07, 6.45) is -1.39. The van der Waals surface area contributed by atoms with Crippen molar-refractivity contribution in [2.75, 3.05) is 13.1 Å². The van der Waals surface area contributed by atoms with E-state index in [1.165, 1.54) is 17.0 Å². The van der Waals surface area contributed by atoms with Crippen LogP contribution in [0.15, 0.2) is 12.1 Å². The Labute approximate surface area is 121 Å². The van der Waals surface area contributed by atoms with Crippen LogP contribution in [-0.4, -0.2) is 52.2 Å². The Morgan fingerprint density at radius 2 is 2.19 bits per heavy atom. The smallest absolute Gasteiger partial charge is 0.334 e. The van der Waals surface area contributed by atoms with Crippen LogP contribution in [0.3, 0.4) is 0 Å². The number of nitrogens with zero attached hydrogens (tertiary/aromatic N) is 3. The molecule has 0 spiro atoms. The standard InChI is InChI=1S/C14H15N3O4/c1-8-6-17(7-12(21-8)14(19)20)13(18)11-4-3-10(5-15)9(2)16-11/h3-4,8,12H,6-7H2,1-2H3,(H,19,20)/t8-,12?/m1/s1. The number of nitriles is 1. The molecule has 7 nitrogen and oxygen atoms in total. The largest absolute Gasteiger partial charge is 0.479 e. The number of carboxylic acids is 1. The van der Waals surface area contributed by atoms with Gasteiger partial charge in [-0.15, -0.1) is 0 Å². The first-order valence-corrected chi connectivity index (χ1v) is 6.47. The molecule has 1 fully saturated rings. The van der Waals surface area contributed by atoms with Crippen LogP contribution in [0.2, 0.25) is 0 Å². The van der Waals surface area contributed by atoms with Crippen LogP contribution < -0.4 is 0 Å². The maximum absolute atomic E-state index is 12.4. The van der Waals surface area contributed by atoms with Crippen LogP contribution in [-0.2, 0) is 9.53 Å². The number of hydrogen-bond donors (Lipinski definition) is 1. The lowest BCUT2D eigenvalue weighted by Crippen LogP contribution is -2.51. The van der Waals surface area contributed by atoms with Crippen LogP contribution in [0.1, 0.15) is 28.7 Å².